The molecule has 0 amide bonds. The van der Waals surface area contributed by atoms with Crippen LogP contribution < -0.4 is 4.74 Å². The number of nitriles is 2. The van der Waals surface area contributed by atoms with Gasteiger partial charge in [-0.05, 0) is 43.5 Å². The zero-order valence-corrected chi connectivity index (χ0v) is 12.5. The van der Waals surface area contributed by atoms with Gasteiger partial charge in [0, 0.05) is 19.0 Å². The molecule has 0 saturated carbocycles. The van der Waals surface area contributed by atoms with Crippen LogP contribution in [0.5, 0.6) is 5.75 Å². The Morgan fingerprint density at radius 3 is 2.71 bits per heavy atom. The zero-order valence-electron chi connectivity index (χ0n) is 12.5. The molecule has 1 saturated heterocycles. The molecule has 1 aromatic carbocycles. The van der Waals surface area contributed by atoms with E-state index in [1.54, 1.807) is 7.11 Å². The van der Waals surface area contributed by atoms with Crippen LogP contribution in [0.2, 0.25) is 0 Å². The minimum atomic E-state index is -0.0523. The van der Waals surface area contributed by atoms with Gasteiger partial charge in [0.05, 0.1) is 25.2 Å². The fourth-order valence-electron chi connectivity index (χ4n) is 2.97. The van der Waals surface area contributed by atoms with Gasteiger partial charge in [-0.3, -0.25) is 4.90 Å². The van der Waals surface area contributed by atoms with E-state index in [0.29, 0.717) is 18.9 Å². The van der Waals surface area contributed by atoms with Gasteiger partial charge >= 0.3 is 0 Å². The summed E-state index contributed by atoms with van der Waals surface area (Å²) in [6.07, 6.45) is 3.41. The lowest BCUT2D eigenvalue weighted by atomic mass is 10.0. The Bertz CT molecular complexity index is 526. The predicted octanol–water partition coefficient (Wildman–Crippen LogP) is 3.28. The van der Waals surface area contributed by atoms with Crippen LogP contribution in [0.1, 0.15) is 37.3 Å². The number of nitrogens with zero attached hydrogens (tertiary/aromatic N) is 3. The molecule has 0 aromatic heterocycles. The average Bonchev–Trinajstić information content (AvgIpc) is 2.99. The van der Waals surface area contributed by atoms with Gasteiger partial charge in [-0.25, -0.2) is 0 Å². The van der Waals surface area contributed by atoms with Crippen LogP contribution in [0, 0.1) is 28.6 Å². The van der Waals surface area contributed by atoms with E-state index in [-0.39, 0.29) is 5.92 Å². The Balaban J connectivity index is 2.02. The van der Waals surface area contributed by atoms with E-state index >= 15 is 0 Å². The van der Waals surface area contributed by atoms with Crippen molar-refractivity contribution in [3.05, 3.63) is 29.8 Å². The van der Waals surface area contributed by atoms with Crippen LogP contribution in [0.25, 0.3) is 0 Å². The Morgan fingerprint density at radius 1 is 1.33 bits per heavy atom. The molecule has 1 aromatic rings. The van der Waals surface area contributed by atoms with Gasteiger partial charge in [0.2, 0.25) is 0 Å². The SMILES string of the molecule is COc1ccc([C@H]2CCCN2C[C@@H](C#N)CCC#N)cc1. The molecule has 0 N–H and O–H groups in total. The van der Waals surface area contributed by atoms with Gasteiger partial charge in [0.15, 0.2) is 0 Å². The fourth-order valence-corrected chi connectivity index (χ4v) is 2.97. The Morgan fingerprint density at radius 2 is 2.10 bits per heavy atom. The maximum absolute atomic E-state index is 9.24. The highest BCUT2D eigenvalue weighted by Crippen LogP contribution is 2.33. The molecule has 4 nitrogen and oxygen atoms in total. The molecular weight excluding hydrogens is 262 g/mol. The van der Waals surface area contributed by atoms with Gasteiger partial charge in [-0.15, -0.1) is 0 Å². The topological polar surface area (TPSA) is 60.0 Å². The zero-order chi connectivity index (χ0) is 15.1. The molecule has 2 rings (SSSR count). The summed E-state index contributed by atoms with van der Waals surface area (Å²) in [5.74, 6) is 0.815. The molecule has 1 aliphatic heterocycles. The molecule has 110 valence electrons. The Hall–Kier alpha value is -2.04. The summed E-state index contributed by atoms with van der Waals surface area (Å²) >= 11 is 0. The third-order valence-electron chi connectivity index (χ3n) is 4.11. The van der Waals surface area contributed by atoms with Crippen LogP contribution in [0.4, 0.5) is 0 Å². The summed E-state index contributed by atoms with van der Waals surface area (Å²) < 4.78 is 5.20. The van der Waals surface area contributed by atoms with E-state index in [2.05, 4.69) is 29.2 Å². The molecule has 1 heterocycles. The van der Waals surface area contributed by atoms with Gasteiger partial charge in [0.1, 0.15) is 5.75 Å². The van der Waals surface area contributed by atoms with Crippen molar-refractivity contribution in [2.24, 2.45) is 5.92 Å². The summed E-state index contributed by atoms with van der Waals surface area (Å²) in [5, 5.41) is 17.9. The van der Waals surface area contributed by atoms with Crippen molar-refractivity contribution >= 4 is 0 Å². The average molecular weight is 283 g/mol. The highest BCUT2D eigenvalue weighted by Gasteiger charge is 2.27. The number of hydrogen-bond acceptors (Lipinski definition) is 4. The van der Waals surface area contributed by atoms with Crippen LogP contribution in [-0.4, -0.2) is 25.1 Å². The first-order valence-corrected chi connectivity index (χ1v) is 7.43. The lowest BCUT2D eigenvalue weighted by Crippen LogP contribution is -2.28. The summed E-state index contributed by atoms with van der Waals surface area (Å²) in [4.78, 5) is 2.38. The molecule has 0 bridgehead atoms. The Labute approximate surface area is 126 Å². The first-order chi connectivity index (χ1) is 10.3. The molecule has 21 heavy (non-hydrogen) atoms. The molecule has 4 heteroatoms. The largest absolute Gasteiger partial charge is 0.497 e. The monoisotopic (exact) mass is 283 g/mol. The van der Waals surface area contributed by atoms with Crippen molar-refractivity contribution < 1.29 is 4.74 Å². The molecule has 0 aliphatic carbocycles. The van der Waals surface area contributed by atoms with E-state index in [1.165, 1.54) is 5.56 Å². The number of ether oxygens (including phenoxy) is 1. The molecule has 1 fully saturated rings. The van der Waals surface area contributed by atoms with E-state index in [9.17, 15) is 5.26 Å². The van der Waals surface area contributed by atoms with Gasteiger partial charge in [-0.2, -0.15) is 10.5 Å². The Kier molecular flexibility index (Phi) is 5.60. The van der Waals surface area contributed by atoms with Crippen LogP contribution in [0.3, 0.4) is 0 Å². The molecule has 1 aliphatic rings. The van der Waals surface area contributed by atoms with Crippen LogP contribution in [-0.2, 0) is 0 Å². The van der Waals surface area contributed by atoms with Crippen molar-refractivity contribution in [3.8, 4) is 17.9 Å². The molecule has 2 atom stereocenters. The van der Waals surface area contributed by atoms with Crippen LogP contribution >= 0.6 is 0 Å². The number of hydrogen-bond donors (Lipinski definition) is 0. The van der Waals surface area contributed by atoms with E-state index in [0.717, 1.165) is 31.7 Å². The molecule has 0 radical (unpaired) electrons. The second-order valence-electron chi connectivity index (χ2n) is 5.45. The second kappa shape index (κ2) is 7.67. The fraction of sp³-hybridized carbons (Fsp3) is 0.529. The maximum atomic E-state index is 9.24. The lowest BCUT2D eigenvalue weighted by Gasteiger charge is -2.26. The quantitative estimate of drug-likeness (QED) is 0.804. The summed E-state index contributed by atoms with van der Waals surface area (Å²) in [5.41, 5.74) is 1.28. The van der Waals surface area contributed by atoms with E-state index < -0.39 is 0 Å². The van der Waals surface area contributed by atoms with E-state index in [4.69, 9.17) is 10.00 Å². The first-order valence-electron chi connectivity index (χ1n) is 7.43. The third kappa shape index (κ3) is 3.97. The highest BCUT2D eigenvalue weighted by molar-refractivity contribution is 5.29. The minimum absolute atomic E-state index is 0.0523. The maximum Gasteiger partial charge on any atom is 0.118 e. The van der Waals surface area contributed by atoms with Crippen LogP contribution in [0.15, 0.2) is 24.3 Å². The molecular formula is C17H21N3O. The summed E-state index contributed by atoms with van der Waals surface area (Å²) in [7, 11) is 1.67. The summed E-state index contributed by atoms with van der Waals surface area (Å²) in [6, 6.07) is 13.1. The van der Waals surface area contributed by atoms with E-state index in [1.807, 2.05) is 12.1 Å². The first kappa shape index (κ1) is 15.4. The minimum Gasteiger partial charge on any atom is -0.497 e. The number of methoxy groups -OCH3 is 1. The van der Waals surface area contributed by atoms with Crippen molar-refractivity contribution in [3.63, 3.8) is 0 Å². The normalized spacial score (nSPS) is 19.7. The third-order valence-corrected chi connectivity index (χ3v) is 4.11. The van der Waals surface area contributed by atoms with Crippen molar-refractivity contribution in [2.45, 2.75) is 31.7 Å². The van der Waals surface area contributed by atoms with Crippen molar-refractivity contribution in [1.29, 1.82) is 10.5 Å². The van der Waals surface area contributed by atoms with Gasteiger partial charge in [-0.1, -0.05) is 12.1 Å². The van der Waals surface area contributed by atoms with Crippen molar-refractivity contribution in [2.75, 3.05) is 20.2 Å². The summed E-state index contributed by atoms with van der Waals surface area (Å²) in [6.45, 7) is 1.79. The molecule has 0 spiro atoms. The second-order valence-corrected chi connectivity index (χ2v) is 5.45. The lowest BCUT2D eigenvalue weighted by molar-refractivity contribution is 0.230. The predicted molar refractivity (Wildman–Crippen MR) is 80.5 cm³/mol. The number of benzene rings is 1. The highest BCUT2D eigenvalue weighted by atomic mass is 16.5. The van der Waals surface area contributed by atoms with Gasteiger partial charge < -0.3 is 4.74 Å². The molecule has 0 unspecified atom stereocenters. The smallest absolute Gasteiger partial charge is 0.118 e. The van der Waals surface area contributed by atoms with Gasteiger partial charge in [0.25, 0.3) is 0 Å². The van der Waals surface area contributed by atoms with Crippen molar-refractivity contribution in [1.82, 2.24) is 4.90 Å². The number of rotatable bonds is 6. The number of likely N-dealkylation sites (tertiary alicyclic amines) is 1. The standard InChI is InChI=1S/C17H21N3O/c1-21-16-8-6-15(7-9-16)17-5-3-11-20(17)13-14(12-19)4-2-10-18/h6-9,14,17H,2-5,11,13H2,1H3/t14-,17-/m1/s1.